The van der Waals surface area contributed by atoms with Gasteiger partial charge in [0.05, 0.1) is 47.1 Å². The molecule has 1 aliphatic heterocycles. The van der Waals surface area contributed by atoms with E-state index < -0.39 is 12.0 Å². The highest BCUT2D eigenvalue weighted by Crippen LogP contribution is 2.33. The highest BCUT2D eigenvalue weighted by Gasteiger charge is 2.33. The van der Waals surface area contributed by atoms with Gasteiger partial charge in [0, 0.05) is 11.6 Å². The summed E-state index contributed by atoms with van der Waals surface area (Å²) in [5.74, 6) is 0.704. The molecular formula is C25H23BrN2O5S. The van der Waals surface area contributed by atoms with Crippen molar-refractivity contribution in [3.8, 4) is 11.5 Å². The Morgan fingerprint density at radius 2 is 1.88 bits per heavy atom. The number of esters is 1. The molecule has 4 rings (SSSR count). The number of rotatable bonds is 6. The SMILES string of the molecule is CCOC(=O)C1=C(C)N=c2s/c(=C\c3cc(Br)c(OC)cc3OC)c(=O)n2[C@H]1c1ccccc1. The van der Waals surface area contributed by atoms with Crippen molar-refractivity contribution in [1.29, 1.82) is 0 Å². The zero-order valence-electron chi connectivity index (χ0n) is 19.1. The molecular weight excluding hydrogens is 520 g/mol. The van der Waals surface area contributed by atoms with Gasteiger partial charge in [0.25, 0.3) is 5.56 Å². The van der Waals surface area contributed by atoms with E-state index in [1.165, 1.54) is 11.3 Å². The van der Waals surface area contributed by atoms with E-state index in [1.54, 1.807) is 44.8 Å². The van der Waals surface area contributed by atoms with Crippen LogP contribution < -0.4 is 24.4 Å². The van der Waals surface area contributed by atoms with Gasteiger partial charge in [-0.2, -0.15) is 0 Å². The van der Waals surface area contributed by atoms with Crippen LogP contribution in [0.5, 0.6) is 11.5 Å². The summed E-state index contributed by atoms with van der Waals surface area (Å²) in [6.45, 7) is 3.75. The summed E-state index contributed by atoms with van der Waals surface area (Å²) >= 11 is 4.75. The first-order chi connectivity index (χ1) is 16.4. The second kappa shape index (κ2) is 9.99. The molecule has 1 aromatic heterocycles. The van der Waals surface area contributed by atoms with Gasteiger partial charge in [0.1, 0.15) is 11.5 Å². The molecule has 0 N–H and O–H groups in total. The lowest BCUT2D eigenvalue weighted by atomic mass is 9.96. The van der Waals surface area contributed by atoms with Gasteiger partial charge in [0.15, 0.2) is 4.80 Å². The molecule has 176 valence electrons. The van der Waals surface area contributed by atoms with Gasteiger partial charge in [-0.05, 0) is 47.5 Å². The van der Waals surface area contributed by atoms with Crippen LogP contribution in [-0.4, -0.2) is 31.4 Å². The van der Waals surface area contributed by atoms with Gasteiger partial charge >= 0.3 is 5.97 Å². The van der Waals surface area contributed by atoms with E-state index in [-0.39, 0.29) is 12.2 Å². The van der Waals surface area contributed by atoms with Crippen molar-refractivity contribution in [3.05, 3.63) is 89.0 Å². The van der Waals surface area contributed by atoms with E-state index in [0.717, 1.165) is 10.0 Å². The van der Waals surface area contributed by atoms with E-state index in [2.05, 4.69) is 20.9 Å². The van der Waals surface area contributed by atoms with Gasteiger partial charge < -0.3 is 14.2 Å². The minimum Gasteiger partial charge on any atom is -0.496 e. The number of ether oxygens (including phenoxy) is 3. The molecule has 0 spiro atoms. The topological polar surface area (TPSA) is 79.1 Å². The maximum absolute atomic E-state index is 13.7. The predicted octanol–water partition coefficient (Wildman–Crippen LogP) is 3.58. The molecule has 2 heterocycles. The standard InChI is InChI=1S/C25H23BrN2O5S/c1-5-33-24(30)21-14(2)27-25-28(22(21)15-9-7-6-8-10-15)23(29)20(34-25)12-16-11-17(26)19(32-4)13-18(16)31-3/h6-13,22H,5H2,1-4H3/b20-12-/t22-/m0/s1. The largest absolute Gasteiger partial charge is 0.496 e. The van der Waals surface area contributed by atoms with Crippen LogP contribution in [0.2, 0.25) is 0 Å². The number of benzene rings is 2. The minimum absolute atomic E-state index is 0.230. The van der Waals surface area contributed by atoms with Gasteiger partial charge in [-0.25, -0.2) is 9.79 Å². The Bertz CT molecular complexity index is 1460. The second-order valence-corrected chi connectivity index (χ2v) is 9.31. The number of carbonyl (C=O) groups excluding carboxylic acids is 1. The Morgan fingerprint density at radius 1 is 1.18 bits per heavy atom. The molecule has 9 heteroatoms. The van der Waals surface area contributed by atoms with Crippen molar-refractivity contribution in [2.24, 2.45) is 4.99 Å². The molecule has 0 unspecified atom stereocenters. The lowest BCUT2D eigenvalue weighted by Crippen LogP contribution is -2.39. The summed E-state index contributed by atoms with van der Waals surface area (Å²) in [4.78, 5) is 31.7. The zero-order chi connectivity index (χ0) is 24.4. The summed E-state index contributed by atoms with van der Waals surface area (Å²) in [7, 11) is 3.14. The number of nitrogens with zero attached hydrogens (tertiary/aromatic N) is 2. The van der Waals surface area contributed by atoms with Crippen molar-refractivity contribution in [2.45, 2.75) is 19.9 Å². The average molecular weight is 543 g/mol. The Balaban J connectivity index is 1.96. The lowest BCUT2D eigenvalue weighted by molar-refractivity contribution is -0.139. The van der Waals surface area contributed by atoms with Crippen LogP contribution in [0.15, 0.2) is 68.0 Å². The minimum atomic E-state index is -0.636. The van der Waals surface area contributed by atoms with Crippen LogP contribution in [0.4, 0.5) is 0 Å². The molecule has 0 saturated heterocycles. The molecule has 0 bridgehead atoms. The van der Waals surface area contributed by atoms with E-state index in [0.29, 0.717) is 37.7 Å². The first-order valence-corrected chi connectivity index (χ1v) is 12.2. The van der Waals surface area contributed by atoms with Crippen LogP contribution in [0.25, 0.3) is 6.08 Å². The third-order valence-electron chi connectivity index (χ3n) is 5.42. The van der Waals surface area contributed by atoms with E-state index in [4.69, 9.17) is 14.2 Å². The van der Waals surface area contributed by atoms with Gasteiger partial charge in [-0.3, -0.25) is 9.36 Å². The predicted molar refractivity (Wildman–Crippen MR) is 134 cm³/mol. The van der Waals surface area contributed by atoms with Crippen LogP contribution in [0, 0.1) is 0 Å². The van der Waals surface area contributed by atoms with E-state index in [1.807, 2.05) is 36.4 Å². The monoisotopic (exact) mass is 542 g/mol. The summed E-state index contributed by atoms with van der Waals surface area (Å²) in [6, 6.07) is 12.4. The molecule has 0 radical (unpaired) electrons. The van der Waals surface area contributed by atoms with Crippen LogP contribution in [0.3, 0.4) is 0 Å². The van der Waals surface area contributed by atoms with Crippen molar-refractivity contribution in [2.75, 3.05) is 20.8 Å². The zero-order valence-corrected chi connectivity index (χ0v) is 21.5. The number of allylic oxidation sites excluding steroid dienone is 1. The summed E-state index contributed by atoms with van der Waals surface area (Å²) < 4.78 is 18.9. The quantitative estimate of drug-likeness (QED) is 0.445. The number of aromatic nitrogens is 1. The maximum atomic E-state index is 13.7. The normalized spacial score (nSPS) is 15.6. The molecule has 0 amide bonds. The smallest absolute Gasteiger partial charge is 0.338 e. The van der Waals surface area contributed by atoms with Crippen LogP contribution >= 0.6 is 27.3 Å². The second-order valence-electron chi connectivity index (χ2n) is 7.44. The first kappa shape index (κ1) is 24.0. The molecule has 0 saturated carbocycles. The Labute approximate surface area is 208 Å². The fourth-order valence-electron chi connectivity index (χ4n) is 3.88. The van der Waals surface area contributed by atoms with Crippen molar-refractivity contribution in [1.82, 2.24) is 4.57 Å². The molecule has 1 aliphatic rings. The van der Waals surface area contributed by atoms with E-state index >= 15 is 0 Å². The van der Waals surface area contributed by atoms with Crippen molar-refractivity contribution < 1.29 is 19.0 Å². The van der Waals surface area contributed by atoms with Gasteiger partial charge in [-0.15, -0.1) is 0 Å². The molecule has 0 fully saturated rings. The molecule has 7 nitrogen and oxygen atoms in total. The fourth-order valence-corrected chi connectivity index (χ4v) is 5.44. The first-order valence-electron chi connectivity index (χ1n) is 10.6. The average Bonchev–Trinajstić information content (AvgIpc) is 3.13. The Kier molecular flexibility index (Phi) is 7.04. The Hall–Kier alpha value is -3.17. The third-order valence-corrected chi connectivity index (χ3v) is 7.03. The summed E-state index contributed by atoms with van der Waals surface area (Å²) in [5, 5.41) is 0. The van der Waals surface area contributed by atoms with Crippen LogP contribution in [-0.2, 0) is 9.53 Å². The van der Waals surface area contributed by atoms with Crippen LogP contribution in [0.1, 0.15) is 31.0 Å². The molecule has 2 aromatic carbocycles. The molecule has 3 aromatic rings. The number of carbonyl (C=O) groups is 1. The number of thiazole rings is 1. The number of hydrogen-bond donors (Lipinski definition) is 0. The maximum Gasteiger partial charge on any atom is 0.338 e. The fraction of sp³-hybridized carbons (Fsp3) is 0.240. The van der Waals surface area contributed by atoms with Crippen molar-refractivity contribution >= 4 is 39.3 Å². The highest BCUT2D eigenvalue weighted by atomic mass is 79.9. The van der Waals surface area contributed by atoms with E-state index in [9.17, 15) is 9.59 Å². The molecule has 0 aliphatic carbocycles. The van der Waals surface area contributed by atoms with Gasteiger partial charge in [-0.1, -0.05) is 41.7 Å². The summed E-state index contributed by atoms with van der Waals surface area (Å²) in [5.41, 5.74) is 2.15. The molecule has 1 atom stereocenters. The Morgan fingerprint density at radius 3 is 2.53 bits per heavy atom. The summed E-state index contributed by atoms with van der Waals surface area (Å²) in [6.07, 6.45) is 1.76. The number of halogens is 1. The number of methoxy groups -OCH3 is 2. The molecule has 34 heavy (non-hydrogen) atoms. The third kappa shape index (κ3) is 4.33. The lowest BCUT2D eigenvalue weighted by Gasteiger charge is -2.24. The number of fused-ring (bicyclic) bond motifs is 1. The van der Waals surface area contributed by atoms with Gasteiger partial charge in [0.2, 0.25) is 0 Å². The highest BCUT2D eigenvalue weighted by molar-refractivity contribution is 9.10. The number of hydrogen-bond acceptors (Lipinski definition) is 7. The van der Waals surface area contributed by atoms with Crippen molar-refractivity contribution in [3.63, 3.8) is 0 Å².